The van der Waals surface area contributed by atoms with Gasteiger partial charge in [0.15, 0.2) is 0 Å². The molecule has 0 bridgehead atoms. The SMILES string of the molecule is C[C@@H](N[S+]([O-])C(C)(C)C)c1ccc(Br)c(-c2cccs2)c1. The van der Waals surface area contributed by atoms with Crippen LogP contribution in [0.5, 0.6) is 0 Å². The molecule has 0 spiro atoms. The average molecular weight is 386 g/mol. The zero-order valence-electron chi connectivity index (χ0n) is 12.6. The van der Waals surface area contributed by atoms with Gasteiger partial charge in [-0.05, 0) is 56.8 Å². The Morgan fingerprint density at radius 2 is 2.00 bits per heavy atom. The minimum Gasteiger partial charge on any atom is -0.598 e. The molecule has 0 saturated heterocycles. The van der Waals surface area contributed by atoms with E-state index in [0.29, 0.717) is 0 Å². The van der Waals surface area contributed by atoms with Gasteiger partial charge in [-0.2, -0.15) is 0 Å². The molecule has 0 aliphatic carbocycles. The maximum atomic E-state index is 12.2. The lowest BCUT2D eigenvalue weighted by molar-refractivity contribution is 0.531. The third-order valence-corrected chi connectivity index (χ3v) is 6.39. The molecule has 2 atom stereocenters. The van der Waals surface area contributed by atoms with Gasteiger partial charge in [-0.15, -0.1) is 16.1 Å². The summed E-state index contributed by atoms with van der Waals surface area (Å²) < 4.78 is 16.2. The van der Waals surface area contributed by atoms with Crippen molar-refractivity contribution < 1.29 is 4.55 Å². The Kier molecular flexibility index (Phi) is 5.54. The average Bonchev–Trinajstić information content (AvgIpc) is 2.91. The topological polar surface area (TPSA) is 35.1 Å². The van der Waals surface area contributed by atoms with Crippen molar-refractivity contribution >= 4 is 38.6 Å². The zero-order valence-corrected chi connectivity index (χ0v) is 15.9. The van der Waals surface area contributed by atoms with Crippen LogP contribution in [0.25, 0.3) is 10.4 Å². The smallest absolute Gasteiger partial charge is 0.136 e. The van der Waals surface area contributed by atoms with E-state index in [9.17, 15) is 4.55 Å². The van der Waals surface area contributed by atoms with Crippen LogP contribution in [0.1, 0.15) is 39.3 Å². The molecule has 1 N–H and O–H groups in total. The minimum absolute atomic E-state index is 0.0388. The first-order valence-electron chi connectivity index (χ1n) is 6.80. The van der Waals surface area contributed by atoms with Crippen LogP contribution >= 0.6 is 27.3 Å². The number of halogens is 1. The van der Waals surface area contributed by atoms with E-state index in [2.05, 4.69) is 56.4 Å². The van der Waals surface area contributed by atoms with Crippen LogP contribution in [0.2, 0.25) is 0 Å². The highest BCUT2D eigenvalue weighted by atomic mass is 79.9. The van der Waals surface area contributed by atoms with Crippen LogP contribution in [-0.4, -0.2) is 9.30 Å². The summed E-state index contributed by atoms with van der Waals surface area (Å²) in [6.45, 7) is 7.97. The van der Waals surface area contributed by atoms with Crippen LogP contribution in [0, 0.1) is 0 Å². The molecule has 0 fully saturated rings. The van der Waals surface area contributed by atoms with Crippen molar-refractivity contribution in [3.8, 4) is 10.4 Å². The van der Waals surface area contributed by atoms with Crippen LogP contribution in [0.3, 0.4) is 0 Å². The molecule has 0 aliphatic rings. The maximum absolute atomic E-state index is 12.2. The van der Waals surface area contributed by atoms with E-state index in [0.717, 1.165) is 10.0 Å². The van der Waals surface area contributed by atoms with Crippen LogP contribution in [0.15, 0.2) is 40.2 Å². The number of hydrogen-bond donors (Lipinski definition) is 1. The van der Waals surface area contributed by atoms with E-state index in [4.69, 9.17) is 0 Å². The summed E-state index contributed by atoms with van der Waals surface area (Å²) in [5.74, 6) is 0. The van der Waals surface area contributed by atoms with Gasteiger partial charge < -0.3 is 4.55 Å². The number of rotatable bonds is 4. The van der Waals surface area contributed by atoms with Crippen molar-refractivity contribution in [3.63, 3.8) is 0 Å². The Morgan fingerprint density at radius 3 is 2.57 bits per heavy atom. The molecule has 1 aromatic carbocycles. The summed E-state index contributed by atoms with van der Waals surface area (Å²) in [5, 5.41) is 2.07. The highest BCUT2D eigenvalue weighted by Crippen LogP contribution is 2.34. The van der Waals surface area contributed by atoms with Crippen molar-refractivity contribution in [1.29, 1.82) is 0 Å². The molecule has 2 nitrogen and oxygen atoms in total. The lowest BCUT2D eigenvalue weighted by Gasteiger charge is -2.26. The molecule has 1 aromatic heterocycles. The van der Waals surface area contributed by atoms with Gasteiger partial charge in [0.25, 0.3) is 0 Å². The van der Waals surface area contributed by atoms with Crippen molar-refractivity contribution in [3.05, 3.63) is 45.7 Å². The number of thiophene rings is 1. The molecule has 2 rings (SSSR count). The summed E-state index contributed by atoms with van der Waals surface area (Å²) >= 11 is 4.25. The highest BCUT2D eigenvalue weighted by molar-refractivity contribution is 9.10. The molecule has 21 heavy (non-hydrogen) atoms. The van der Waals surface area contributed by atoms with Gasteiger partial charge >= 0.3 is 0 Å². The third-order valence-electron chi connectivity index (χ3n) is 3.12. The van der Waals surface area contributed by atoms with Gasteiger partial charge in [-0.25, -0.2) is 0 Å². The first-order chi connectivity index (χ1) is 9.79. The van der Waals surface area contributed by atoms with Crippen molar-refractivity contribution in [1.82, 2.24) is 4.72 Å². The summed E-state index contributed by atoms with van der Waals surface area (Å²) in [7, 11) is 0. The fourth-order valence-corrected chi connectivity index (χ4v) is 4.00. The predicted octanol–water partition coefficient (Wildman–Crippen LogP) is 5.29. The normalized spacial score (nSPS) is 15.0. The first kappa shape index (κ1) is 17.0. The van der Waals surface area contributed by atoms with Gasteiger partial charge in [0.1, 0.15) is 4.75 Å². The lowest BCUT2D eigenvalue weighted by atomic mass is 10.1. The lowest BCUT2D eigenvalue weighted by Crippen LogP contribution is -2.40. The second-order valence-corrected chi connectivity index (χ2v) is 9.74. The van der Waals surface area contributed by atoms with E-state index in [1.807, 2.05) is 27.7 Å². The van der Waals surface area contributed by atoms with E-state index in [1.165, 1.54) is 10.4 Å². The van der Waals surface area contributed by atoms with Crippen molar-refractivity contribution in [2.24, 2.45) is 0 Å². The molecule has 114 valence electrons. The summed E-state index contributed by atoms with van der Waals surface area (Å²) in [4.78, 5) is 1.23. The molecule has 0 radical (unpaired) electrons. The number of hydrogen-bond acceptors (Lipinski definition) is 3. The predicted molar refractivity (Wildman–Crippen MR) is 96.9 cm³/mol. The molecule has 0 amide bonds. The second-order valence-electron chi connectivity index (χ2n) is 5.94. The van der Waals surface area contributed by atoms with Gasteiger partial charge in [-0.1, -0.05) is 28.1 Å². The van der Waals surface area contributed by atoms with Crippen LogP contribution in [-0.2, 0) is 11.4 Å². The fraction of sp³-hybridized carbons (Fsp3) is 0.375. The Bertz CT molecular complexity index is 593. The van der Waals surface area contributed by atoms with E-state index >= 15 is 0 Å². The third kappa shape index (κ3) is 4.33. The number of nitrogens with one attached hydrogen (secondary N) is 1. The zero-order chi connectivity index (χ0) is 15.6. The fourth-order valence-electron chi connectivity index (χ4n) is 1.84. The molecule has 0 aliphatic heterocycles. The van der Waals surface area contributed by atoms with E-state index in [-0.39, 0.29) is 10.8 Å². The second kappa shape index (κ2) is 6.84. The van der Waals surface area contributed by atoms with Gasteiger partial charge in [0.2, 0.25) is 0 Å². The van der Waals surface area contributed by atoms with Crippen molar-refractivity contribution in [2.75, 3.05) is 0 Å². The summed E-state index contributed by atoms with van der Waals surface area (Å²) in [5.41, 5.74) is 2.32. The van der Waals surface area contributed by atoms with Gasteiger partial charge in [-0.3, -0.25) is 0 Å². The Hall–Kier alpha value is -0.330. The van der Waals surface area contributed by atoms with Crippen LogP contribution in [0.4, 0.5) is 0 Å². The molecule has 1 heterocycles. The Morgan fingerprint density at radius 1 is 1.29 bits per heavy atom. The molecule has 5 heteroatoms. The Balaban J connectivity index is 2.23. The minimum atomic E-state index is -1.08. The quantitative estimate of drug-likeness (QED) is 0.725. The van der Waals surface area contributed by atoms with E-state index < -0.39 is 11.4 Å². The summed E-state index contributed by atoms with van der Waals surface area (Å²) in [6.07, 6.45) is 0. The van der Waals surface area contributed by atoms with Gasteiger partial charge in [0, 0.05) is 26.3 Å². The molecule has 0 saturated carbocycles. The van der Waals surface area contributed by atoms with Crippen LogP contribution < -0.4 is 4.72 Å². The van der Waals surface area contributed by atoms with E-state index in [1.54, 1.807) is 11.3 Å². The number of benzene rings is 1. The summed E-state index contributed by atoms with van der Waals surface area (Å²) in [6, 6.07) is 10.5. The molecule has 1 unspecified atom stereocenters. The monoisotopic (exact) mass is 385 g/mol. The first-order valence-corrected chi connectivity index (χ1v) is 9.62. The maximum Gasteiger partial charge on any atom is 0.136 e. The highest BCUT2D eigenvalue weighted by Gasteiger charge is 2.28. The Labute approximate surface area is 142 Å². The largest absolute Gasteiger partial charge is 0.598 e. The molecular formula is C16H20BrNOS2. The molecule has 2 aromatic rings. The van der Waals surface area contributed by atoms with Gasteiger partial charge in [0.05, 0.1) is 6.04 Å². The van der Waals surface area contributed by atoms with Crippen molar-refractivity contribution in [2.45, 2.75) is 38.5 Å². The standard InChI is InChI=1S/C16H20BrNOS2/c1-11(18-21(19)16(2,3)4)12-7-8-14(17)13(10-12)15-6-5-9-20-15/h5-11,18H,1-4H3/t11-,21?/m1/s1. The molecular weight excluding hydrogens is 366 g/mol.